The van der Waals surface area contributed by atoms with Gasteiger partial charge in [-0.25, -0.2) is 0 Å². The fourth-order valence-electron chi connectivity index (χ4n) is 4.21. The van der Waals surface area contributed by atoms with Gasteiger partial charge in [0.15, 0.2) is 5.75 Å². The average molecular weight is 513 g/mol. The molecule has 0 amide bonds. The van der Waals surface area contributed by atoms with E-state index in [4.69, 9.17) is 9.47 Å². The van der Waals surface area contributed by atoms with E-state index in [2.05, 4.69) is 33.8 Å². The summed E-state index contributed by atoms with van der Waals surface area (Å²) < 4.78 is 13.8. The van der Waals surface area contributed by atoms with Crippen LogP contribution in [0.3, 0.4) is 0 Å². The number of nitro groups is 1. The number of fused-ring (bicyclic) bond motifs is 1. The van der Waals surface area contributed by atoms with E-state index in [0.717, 1.165) is 32.1 Å². The number of unbranched alkanes of at least 4 members (excludes halogenated alkanes) is 5. The van der Waals surface area contributed by atoms with Crippen LogP contribution in [0.25, 0.3) is 10.9 Å². The van der Waals surface area contributed by atoms with Crippen molar-refractivity contribution in [3.05, 3.63) is 62.0 Å². The van der Waals surface area contributed by atoms with Crippen molar-refractivity contribution in [2.45, 2.75) is 106 Å². The molecule has 0 aliphatic heterocycles. The molecule has 7 heteroatoms. The second-order valence-corrected chi connectivity index (χ2v) is 10.2. The molecule has 0 aliphatic carbocycles. The summed E-state index contributed by atoms with van der Waals surface area (Å²) in [7, 11) is 0. The first-order chi connectivity index (χ1) is 17.6. The Morgan fingerprint density at radius 2 is 1.76 bits per heavy atom. The minimum atomic E-state index is -0.434. The summed E-state index contributed by atoms with van der Waals surface area (Å²) in [6, 6.07) is 4.59. The van der Waals surface area contributed by atoms with E-state index in [1.165, 1.54) is 42.5 Å². The lowest BCUT2D eigenvalue weighted by atomic mass is 10.1. The molecule has 0 bridgehead atoms. The Kier molecular flexibility index (Phi) is 12.4. The van der Waals surface area contributed by atoms with E-state index in [1.54, 1.807) is 10.6 Å². The van der Waals surface area contributed by atoms with Gasteiger partial charge in [0.05, 0.1) is 16.5 Å². The van der Waals surface area contributed by atoms with Gasteiger partial charge in [0.1, 0.15) is 6.61 Å². The van der Waals surface area contributed by atoms with Crippen LogP contribution in [0.2, 0.25) is 0 Å². The molecule has 0 saturated heterocycles. The number of aryl methyl sites for hydroxylation is 1. The van der Waals surface area contributed by atoms with Gasteiger partial charge in [-0.2, -0.15) is 0 Å². The first-order valence-corrected chi connectivity index (χ1v) is 13.6. The number of hydrogen-bond acceptors (Lipinski definition) is 5. The van der Waals surface area contributed by atoms with Crippen LogP contribution in [0.15, 0.2) is 46.3 Å². The lowest BCUT2D eigenvalue weighted by Crippen LogP contribution is -2.25. The van der Waals surface area contributed by atoms with Gasteiger partial charge in [0, 0.05) is 24.1 Å². The highest BCUT2D eigenvalue weighted by Crippen LogP contribution is 2.35. The van der Waals surface area contributed by atoms with Crippen molar-refractivity contribution < 1.29 is 14.4 Å². The van der Waals surface area contributed by atoms with E-state index >= 15 is 0 Å². The Balaban J connectivity index is 2.46. The predicted octanol–water partition coefficient (Wildman–Crippen LogP) is 8.13. The molecule has 0 fully saturated rings. The van der Waals surface area contributed by atoms with E-state index in [-0.39, 0.29) is 29.7 Å². The van der Waals surface area contributed by atoms with Crippen LogP contribution in [0.4, 0.5) is 5.69 Å². The van der Waals surface area contributed by atoms with Crippen molar-refractivity contribution in [3.8, 4) is 11.5 Å². The molecule has 1 aromatic carbocycles. The smallest absolute Gasteiger partial charge is 0.297 e. The van der Waals surface area contributed by atoms with Crippen molar-refractivity contribution in [1.29, 1.82) is 0 Å². The summed E-state index contributed by atoms with van der Waals surface area (Å²) in [6.07, 6.45) is 12.4. The maximum Gasteiger partial charge on any atom is 0.297 e. The highest BCUT2D eigenvalue weighted by atomic mass is 16.6. The topological polar surface area (TPSA) is 83.6 Å². The molecule has 0 saturated carbocycles. The van der Waals surface area contributed by atoms with Crippen LogP contribution in [-0.2, 0) is 6.54 Å². The number of nitro benzene ring substituents is 1. The number of rotatable bonds is 16. The molecule has 0 N–H and O–H groups in total. The van der Waals surface area contributed by atoms with Gasteiger partial charge in [-0.1, -0.05) is 56.3 Å². The van der Waals surface area contributed by atoms with E-state index in [0.29, 0.717) is 23.2 Å². The fourth-order valence-corrected chi connectivity index (χ4v) is 4.21. The quantitative estimate of drug-likeness (QED) is 0.0981. The molecule has 2 aromatic rings. The summed E-state index contributed by atoms with van der Waals surface area (Å²) in [4.78, 5) is 24.7. The molecule has 1 heterocycles. The molecule has 0 spiro atoms. The third-order valence-corrected chi connectivity index (χ3v) is 6.21. The number of pyridine rings is 1. The lowest BCUT2D eigenvalue weighted by Gasteiger charge is -2.19. The summed E-state index contributed by atoms with van der Waals surface area (Å²) in [5.74, 6) is 0.508. The molecule has 0 atom stereocenters. The SMILES string of the molecule is CCCCCCCCn1c(=O)c(OC(C)C)c(OC/C=C(\C)CCC=C(C)C)c2ccc([N+](=O)[O-])cc21. The van der Waals surface area contributed by atoms with Gasteiger partial charge in [0.25, 0.3) is 11.2 Å². The Labute approximate surface area is 221 Å². The zero-order chi connectivity index (χ0) is 27.4. The molecule has 37 heavy (non-hydrogen) atoms. The van der Waals surface area contributed by atoms with Crippen LogP contribution < -0.4 is 15.0 Å². The first-order valence-electron chi connectivity index (χ1n) is 13.6. The Morgan fingerprint density at radius 1 is 1.05 bits per heavy atom. The van der Waals surface area contributed by atoms with Crippen molar-refractivity contribution in [2.24, 2.45) is 0 Å². The number of aromatic nitrogens is 1. The van der Waals surface area contributed by atoms with Crippen molar-refractivity contribution >= 4 is 16.6 Å². The highest BCUT2D eigenvalue weighted by molar-refractivity contribution is 5.89. The van der Waals surface area contributed by atoms with Crippen LogP contribution in [-0.4, -0.2) is 22.2 Å². The monoisotopic (exact) mass is 512 g/mol. The molecule has 1 aromatic heterocycles. The standard InChI is InChI=1S/C30H44N2O5/c1-7-8-9-10-11-12-19-31-27-21-25(32(34)35)16-17-26(27)28(29(30(31)33)37-23(4)5)36-20-18-24(6)15-13-14-22(2)3/h14,16-18,21,23H,7-13,15,19-20H2,1-6H3/b24-18+. The Hall–Kier alpha value is -3.09. The zero-order valence-electron chi connectivity index (χ0n) is 23.5. The summed E-state index contributed by atoms with van der Waals surface area (Å²) in [5, 5.41) is 12.2. The molecular formula is C30H44N2O5. The van der Waals surface area contributed by atoms with Crippen molar-refractivity contribution in [3.63, 3.8) is 0 Å². The van der Waals surface area contributed by atoms with Gasteiger partial charge < -0.3 is 14.0 Å². The normalized spacial score (nSPS) is 11.7. The van der Waals surface area contributed by atoms with Gasteiger partial charge in [-0.3, -0.25) is 14.9 Å². The maximum atomic E-state index is 13.7. The summed E-state index contributed by atoms with van der Waals surface area (Å²) in [6.45, 7) is 12.9. The maximum absolute atomic E-state index is 13.7. The molecule has 7 nitrogen and oxygen atoms in total. The van der Waals surface area contributed by atoms with Crippen LogP contribution >= 0.6 is 0 Å². The third kappa shape index (κ3) is 9.38. The third-order valence-electron chi connectivity index (χ3n) is 6.21. The van der Waals surface area contributed by atoms with Gasteiger partial charge >= 0.3 is 0 Å². The Morgan fingerprint density at radius 3 is 2.41 bits per heavy atom. The highest BCUT2D eigenvalue weighted by Gasteiger charge is 2.22. The molecule has 2 rings (SSSR count). The van der Waals surface area contributed by atoms with Gasteiger partial charge in [-0.15, -0.1) is 0 Å². The minimum Gasteiger partial charge on any atom is -0.485 e. The second-order valence-electron chi connectivity index (χ2n) is 10.2. The number of ether oxygens (including phenoxy) is 2. The fraction of sp³-hybridized carbons (Fsp3) is 0.567. The number of benzene rings is 1. The summed E-state index contributed by atoms with van der Waals surface area (Å²) >= 11 is 0. The number of hydrogen-bond donors (Lipinski definition) is 0. The zero-order valence-corrected chi connectivity index (χ0v) is 23.5. The largest absolute Gasteiger partial charge is 0.485 e. The van der Waals surface area contributed by atoms with Crippen LogP contribution in [0, 0.1) is 10.1 Å². The van der Waals surface area contributed by atoms with E-state index in [9.17, 15) is 14.9 Å². The van der Waals surface area contributed by atoms with E-state index < -0.39 is 4.92 Å². The van der Waals surface area contributed by atoms with Gasteiger partial charge in [0.2, 0.25) is 5.75 Å². The van der Waals surface area contributed by atoms with Gasteiger partial charge in [-0.05, 0) is 66.0 Å². The van der Waals surface area contributed by atoms with Crippen LogP contribution in [0.5, 0.6) is 11.5 Å². The molecule has 0 aliphatic rings. The number of allylic oxidation sites excluding steroid dienone is 3. The van der Waals surface area contributed by atoms with Crippen LogP contribution in [0.1, 0.15) is 92.9 Å². The first kappa shape index (κ1) is 30.1. The molecule has 0 radical (unpaired) electrons. The second kappa shape index (κ2) is 15.2. The number of nitrogens with zero attached hydrogens (tertiary/aromatic N) is 2. The number of non-ortho nitro benzene ring substituents is 1. The lowest BCUT2D eigenvalue weighted by molar-refractivity contribution is -0.384. The molecule has 0 unspecified atom stereocenters. The summed E-state index contributed by atoms with van der Waals surface area (Å²) in [5.41, 5.74) is 2.63. The van der Waals surface area contributed by atoms with E-state index in [1.807, 2.05) is 19.9 Å². The minimum absolute atomic E-state index is 0.0536. The predicted molar refractivity (Wildman–Crippen MR) is 152 cm³/mol. The molecule has 204 valence electrons. The molecular weight excluding hydrogens is 468 g/mol. The average Bonchev–Trinajstić information content (AvgIpc) is 2.83. The van der Waals surface area contributed by atoms with Crippen molar-refractivity contribution in [2.75, 3.05) is 6.61 Å². The van der Waals surface area contributed by atoms with Crippen molar-refractivity contribution in [1.82, 2.24) is 4.57 Å². The Bertz CT molecular complexity index is 1160.